The molecule has 0 aliphatic carbocycles. The molecule has 248 valence electrons. The van der Waals surface area contributed by atoms with Crippen LogP contribution in [0.5, 0.6) is 5.88 Å². The van der Waals surface area contributed by atoms with Crippen molar-refractivity contribution in [1.82, 2.24) is 44.6 Å². The van der Waals surface area contributed by atoms with E-state index in [4.69, 9.17) is 19.5 Å². The molecule has 5 aromatic heterocycles. The highest BCUT2D eigenvalue weighted by atomic mass is 79.9. The minimum Gasteiger partial charge on any atom is -0.470 e. The predicted molar refractivity (Wildman–Crippen MR) is 175 cm³/mol. The van der Waals surface area contributed by atoms with E-state index >= 15 is 8.78 Å². The minimum atomic E-state index is -2.90. The smallest absolute Gasteiger partial charge is 0.363 e. The maximum Gasteiger partial charge on any atom is 0.363 e. The van der Waals surface area contributed by atoms with Gasteiger partial charge in [-0.1, -0.05) is 47.5 Å². The van der Waals surface area contributed by atoms with Crippen LogP contribution < -0.4 is 13.8 Å². The van der Waals surface area contributed by atoms with Gasteiger partial charge in [-0.05, 0) is 41.9 Å². The van der Waals surface area contributed by atoms with E-state index in [2.05, 4.69) is 54.0 Å². The van der Waals surface area contributed by atoms with Crippen LogP contribution in [-0.2, 0) is 6.54 Å². The summed E-state index contributed by atoms with van der Waals surface area (Å²) in [6, 6.07) is 15.2. The Hall–Kier alpha value is -5.84. The van der Waals surface area contributed by atoms with Gasteiger partial charge in [0.2, 0.25) is 0 Å². The third kappa shape index (κ3) is 4.09. The molecule has 0 amide bonds. The van der Waals surface area contributed by atoms with Crippen LogP contribution in [0.1, 0.15) is 30.5 Å². The first-order valence-electron chi connectivity index (χ1n) is 15.8. The molecule has 14 nitrogen and oxygen atoms in total. The first kappa shape index (κ1) is 29.1. The minimum absolute atomic E-state index is 0.0418. The van der Waals surface area contributed by atoms with Crippen LogP contribution in [-0.4, -0.2) is 74.7 Å². The van der Waals surface area contributed by atoms with Crippen LogP contribution in [0.15, 0.2) is 82.0 Å². The topological polar surface area (TPSA) is 116 Å². The van der Waals surface area contributed by atoms with Crippen molar-refractivity contribution >= 4 is 38.1 Å². The van der Waals surface area contributed by atoms with E-state index < -0.39 is 6.43 Å². The number of benzene rings is 2. The molecule has 17 heteroatoms. The standard InChI is InChI=1S/C33H26BrF2N12O2/c1-17-10-24(41-50-17)33-46-31(21-6-4-5-7-22(21)32(40-46)49-14-19-12-42(3)47-18(2)27(19)47)39-48(33)45-16-43-25-9-8-20(34)11-23(25)30-37-15-38-44(30)13-26(43)28(45)29(35)36/h4-12,15-16,27,29H,13-14H2,1-3H3/q+3. The molecule has 3 aliphatic heterocycles. The fourth-order valence-electron chi connectivity index (χ4n) is 7.22. The van der Waals surface area contributed by atoms with E-state index in [1.54, 1.807) is 33.1 Å². The molecule has 3 aliphatic rings. The number of alkyl halides is 2. The highest BCUT2D eigenvalue weighted by Gasteiger charge is 2.56. The highest BCUT2D eigenvalue weighted by Crippen LogP contribution is 2.34. The number of nitrogens with zero attached hydrogens (tertiary/aromatic N) is 12. The van der Waals surface area contributed by atoms with E-state index in [9.17, 15) is 0 Å². The predicted octanol–water partition coefficient (Wildman–Crippen LogP) is 3.82. The summed E-state index contributed by atoms with van der Waals surface area (Å²) in [7, 11) is 2.00. The van der Waals surface area contributed by atoms with Crippen molar-refractivity contribution in [1.29, 1.82) is 0 Å². The summed E-state index contributed by atoms with van der Waals surface area (Å²) in [6.45, 7) is 4.21. The van der Waals surface area contributed by atoms with Crippen molar-refractivity contribution < 1.29 is 31.8 Å². The summed E-state index contributed by atoms with van der Waals surface area (Å²) in [5.41, 5.74) is 4.55. The van der Waals surface area contributed by atoms with Crippen LogP contribution in [0.25, 0.3) is 45.0 Å². The average Bonchev–Trinajstić information content (AvgIpc) is 3.70. The zero-order valence-corrected chi connectivity index (χ0v) is 28.3. The van der Waals surface area contributed by atoms with Gasteiger partial charge in [-0.15, -0.1) is 0 Å². The second-order valence-electron chi connectivity index (χ2n) is 12.4. The van der Waals surface area contributed by atoms with E-state index in [-0.39, 0.29) is 24.1 Å². The third-order valence-corrected chi connectivity index (χ3v) is 9.92. The van der Waals surface area contributed by atoms with Gasteiger partial charge in [0.15, 0.2) is 17.2 Å². The second kappa shape index (κ2) is 10.3. The fourth-order valence-corrected chi connectivity index (χ4v) is 7.58. The lowest BCUT2D eigenvalue weighted by Crippen LogP contribution is -2.34. The molecule has 0 bridgehead atoms. The van der Waals surface area contributed by atoms with Gasteiger partial charge in [-0.2, -0.15) is 14.7 Å². The first-order valence-corrected chi connectivity index (χ1v) is 16.5. The number of hydrazine groups is 1. The number of hydrogen-bond acceptors (Lipinski definition) is 8. The monoisotopic (exact) mass is 739 g/mol. The Morgan fingerprint density at radius 1 is 1.12 bits per heavy atom. The molecule has 10 rings (SSSR count). The maximum atomic E-state index is 15.4. The summed E-state index contributed by atoms with van der Waals surface area (Å²) >= 11 is 3.55. The molecule has 0 spiro atoms. The molecule has 7 aromatic rings. The molecule has 8 heterocycles. The van der Waals surface area contributed by atoms with Crippen molar-refractivity contribution in [3.05, 3.63) is 94.6 Å². The van der Waals surface area contributed by atoms with Crippen molar-refractivity contribution in [2.75, 3.05) is 13.7 Å². The lowest BCUT2D eigenvalue weighted by atomic mass is 10.1. The van der Waals surface area contributed by atoms with Crippen molar-refractivity contribution in [3.63, 3.8) is 0 Å². The number of aryl methyl sites for hydroxylation is 1. The summed E-state index contributed by atoms with van der Waals surface area (Å²) in [5.74, 6) is 1.75. The van der Waals surface area contributed by atoms with Gasteiger partial charge < -0.3 is 9.26 Å². The Bertz CT molecular complexity index is 2650. The molecule has 50 heavy (non-hydrogen) atoms. The Morgan fingerprint density at radius 2 is 1.96 bits per heavy atom. The largest absolute Gasteiger partial charge is 0.470 e. The fraction of sp³-hybridized carbons (Fsp3) is 0.212. The zero-order chi connectivity index (χ0) is 34.0. The molecule has 1 unspecified atom stereocenters. The van der Waals surface area contributed by atoms with Crippen LogP contribution in [0, 0.1) is 6.92 Å². The number of halogens is 3. The quantitative estimate of drug-likeness (QED) is 0.237. The lowest BCUT2D eigenvalue weighted by molar-refractivity contribution is -0.607. The third-order valence-electron chi connectivity index (χ3n) is 9.42. The lowest BCUT2D eigenvalue weighted by Gasteiger charge is -2.06. The van der Waals surface area contributed by atoms with Gasteiger partial charge in [0.25, 0.3) is 29.7 Å². The van der Waals surface area contributed by atoms with Crippen LogP contribution in [0.2, 0.25) is 0 Å². The molecule has 2 aromatic carbocycles. The summed E-state index contributed by atoms with van der Waals surface area (Å²) < 4.78 is 52.1. The number of imidazole rings is 1. The Kier molecular flexibility index (Phi) is 6.02. The number of ether oxygens (including phenoxy) is 1. The normalized spacial score (nSPS) is 16.2. The van der Waals surface area contributed by atoms with Crippen molar-refractivity contribution in [3.8, 4) is 34.5 Å². The average molecular weight is 741 g/mol. The van der Waals surface area contributed by atoms with Gasteiger partial charge >= 0.3 is 17.9 Å². The van der Waals surface area contributed by atoms with E-state index in [0.29, 0.717) is 52.2 Å². The summed E-state index contributed by atoms with van der Waals surface area (Å²) in [4.78, 5) is 5.84. The Labute approximate surface area is 289 Å². The van der Waals surface area contributed by atoms with Gasteiger partial charge in [0.05, 0.1) is 45.0 Å². The van der Waals surface area contributed by atoms with Gasteiger partial charge in [0.1, 0.15) is 30.9 Å². The first-order chi connectivity index (χ1) is 24.3. The molecule has 0 fully saturated rings. The van der Waals surface area contributed by atoms with Gasteiger partial charge in [0, 0.05) is 17.5 Å². The maximum absolute atomic E-state index is 15.4. The number of aromatic nitrogens is 10. The van der Waals surface area contributed by atoms with Gasteiger partial charge in [-0.3, -0.25) is 0 Å². The summed E-state index contributed by atoms with van der Waals surface area (Å²) in [6.07, 6.45) is 2.19. The van der Waals surface area contributed by atoms with Crippen LogP contribution >= 0.6 is 15.9 Å². The van der Waals surface area contributed by atoms with Crippen molar-refractivity contribution in [2.45, 2.75) is 32.9 Å². The van der Waals surface area contributed by atoms with Crippen LogP contribution in [0.3, 0.4) is 0 Å². The molecule has 0 N–H and O–H groups in total. The van der Waals surface area contributed by atoms with E-state index in [1.807, 2.05) is 49.5 Å². The summed E-state index contributed by atoms with van der Waals surface area (Å²) in [5, 5.41) is 22.1. The number of rotatable bonds is 6. The Morgan fingerprint density at radius 3 is 2.72 bits per heavy atom. The molecule has 0 saturated carbocycles. The SMILES string of the molecule is CC1=[N+]2C1C(COc1n[n+]3c(-c4cc(C)on4)n(-n4c[n+]5c(c4C(F)F)Cn4ncnc4-c4cc(Br)ccc4-5)nc3c3ccccc13)=CN2C. The zero-order valence-electron chi connectivity index (χ0n) is 26.7. The highest BCUT2D eigenvalue weighted by molar-refractivity contribution is 9.10. The second-order valence-corrected chi connectivity index (χ2v) is 13.4. The molecular weight excluding hydrogens is 714 g/mol. The molecular formula is C33H26BrF2N12O2+3. The molecule has 1 atom stereocenters. The number of hydrogen-bond donors (Lipinski definition) is 0. The number of hydrazone groups is 1. The van der Waals surface area contributed by atoms with E-state index in [1.165, 1.54) is 21.5 Å². The van der Waals surface area contributed by atoms with Gasteiger partial charge in [-0.25, -0.2) is 18.4 Å². The van der Waals surface area contributed by atoms with Crippen molar-refractivity contribution in [2.24, 2.45) is 0 Å². The molecule has 0 saturated heterocycles. The number of fused-ring (bicyclic) bond motifs is 9. The molecule has 0 radical (unpaired) electrons. The van der Waals surface area contributed by atoms with E-state index in [0.717, 1.165) is 21.0 Å². The Balaban J connectivity index is 1.21. The van der Waals surface area contributed by atoms with Crippen LogP contribution in [0.4, 0.5) is 8.78 Å².